The Labute approximate surface area is 299 Å². The Balaban J connectivity index is 1.37. The summed E-state index contributed by atoms with van der Waals surface area (Å²) in [5.74, 6) is 0.238. The molecule has 0 saturated heterocycles. The second-order valence-corrected chi connectivity index (χ2v) is 11.5. The molecule has 12 nitrogen and oxygen atoms in total. The Kier molecular flexibility index (Phi) is 17.2. The van der Waals surface area contributed by atoms with Gasteiger partial charge in [-0.15, -0.1) is 0 Å². The first kappa shape index (κ1) is 39.7. The first-order valence-corrected chi connectivity index (χ1v) is 16.8. The van der Waals surface area contributed by atoms with Crippen molar-refractivity contribution in [3.8, 4) is 28.7 Å². The molecule has 0 saturated carbocycles. The van der Waals surface area contributed by atoms with Gasteiger partial charge in [-0.1, -0.05) is 24.3 Å². The highest BCUT2D eigenvalue weighted by Gasteiger charge is 2.11. The fraction of sp³-hybridized carbons (Fsp3) is 0.308. The van der Waals surface area contributed by atoms with Crippen LogP contribution in [0.5, 0.6) is 28.7 Å². The quantitative estimate of drug-likeness (QED) is 0.0694. The Morgan fingerprint density at radius 1 is 0.608 bits per heavy atom. The Hall–Kier alpha value is -5.75. The molecule has 3 aromatic rings. The van der Waals surface area contributed by atoms with Gasteiger partial charge in [0.05, 0.1) is 14.2 Å². The van der Waals surface area contributed by atoms with E-state index in [9.17, 15) is 29.7 Å². The molecule has 0 atom stereocenters. The minimum atomic E-state index is -0.274. The number of rotatable bonds is 21. The zero-order valence-corrected chi connectivity index (χ0v) is 29.1. The number of benzene rings is 3. The van der Waals surface area contributed by atoms with E-state index in [0.717, 1.165) is 43.5 Å². The molecule has 3 amide bonds. The maximum atomic E-state index is 13.1. The molecule has 6 N–H and O–H groups in total. The molecule has 0 bridgehead atoms. The summed E-state index contributed by atoms with van der Waals surface area (Å²) in [7, 11) is 2.92. The normalized spacial score (nSPS) is 11.3. The molecule has 0 fully saturated rings. The van der Waals surface area contributed by atoms with E-state index in [1.165, 1.54) is 44.6 Å². The van der Waals surface area contributed by atoms with E-state index in [1.807, 2.05) is 0 Å². The number of ether oxygens (including phenoxy) is 2. The van der Waals surface area contributed by atoms with E-state index in [0.29, 0.717) is 49.7 Å². The lowest BCUT2D eigenvalue weighted by atomic mass is 10.2. The summed E-state index contributed by atoms with van der Waals surface area (Å²) in [4.78, 5) is 39.3. The van der Waals surface area contributed by atoms with Gasteiger partial charge in [0.1, 0.15) is 5.75 Å². The third-order valence-electron chi connectivity index (χ3n) is 7.65. The first-order valence-electron chi connectivity index (χ1n) is 16.8. The lowest BCUT2D eigenvalue weighted by molar-refractivity contribution is -0.126. The molecule has 0 aromatic heterocycles. The molecule has 3 rings (SSSR count). The van der Waals surface area contributed by atoms with Crippen LogP contribution < -0.4 is 25.4 Å². The minimum absolute atomic E-state index is 0.0189. The number of nitrogens with zero attached hydrogens (tertiary/aromatic N) is 1. The molecular weight excluding hydrogens is 652 g/mol. The van der Waals surface area contributed by atoms with Crippen molar-refractivity contribution >= 4 is 35.9 Å². The molecule has 3 aromatic carbocycles. The average molecular weight is 701 g/mol. The van der Waals surface area contributed by atoms with Crippen LogP contribution >= 0.6 is 0 Å². The van der Waals surface area contributed by atoms with E-state index in [2.05, 4.69) is 16.0 Å². The third-order valence-corrected chi connectivity index (χ3v) is 7.65. The molecule has 0 unspecified atom stereocenters. The smallest absolute Gasteiger partial charge is 0.246 e. The van der Waals surface area contributed by atoms with Crippen LogP contribution in [0.1, 0.15) is 42.4 Å². The van der Waals surface area contributed by atoms with Crippen molar-refractivity contribution in [1.82, 2.24) is 20.9 Å². The molecule has 0 heterocycles. The molecule has 0 spiro atoms. The molecule has 12 heteroatoms. The van der Waals surface area contributed by atoms with Crippen molar-refractivity contribution in [2.24, 2.45) is 0 Å². The maximum absolute atomic E-state index is 13.1. The summed E-state index contributed by atoms with van der Waals surface area (Å²) < 4.78 is 10.2. The van der Waals surface area contributed by atoms with Crippen LogP contribution in [0.15, 0.2) is 78.9 Å². The second-order valence-electron chi connectivity index (χ2n) is 11.5. The van der Waals surface area contributed by atoms with Crippen molar-refractivity contribution in [2.75, 3.05) is 53.5 Å². The van der Waals surface area contributed by atoms with Gasteiger partial charge in [0.25, 0.3) is 0 Å². The lowest BCUT2D eigenvalue weighted by Crippen LogP contribution is -2.34. The van der Waals surface area contributed by atoms with Crippen LogP contribution in [0.2, 0.25) is 0 Å². The topological polar surface area (TPSA) is 170 Å². The number of nitrogens with one attached hydrogen (secondary N) is 3. The molecular formula is C39H48N4O8. The number of phenols is 3. The minimum Gasteiger partial charge on any atom is -0.508 e. The summed E-state index contributed by atoms with van der Waals surface area (Å²) in [6, 6.07) is 16.2. The summed E-state index contributed by atoms with van der Waals surface area (Å²) in [6.45, 7) is 3.39. The van der Waals surface area contributed by atoms with Gasteiger partial charge in [0, 0.05) is 44.4 Å². The van der Waals surface area contributed by atoms with Gasteiger partial charge in [-0.25, -0.2) is 0 Å². The standard InChI is InChI=1S/C39H48N4O8/c1-50-35-27-30(9-16-33(35)45)11-18-37(47)41-23-5-22-40-21-3-4-25-43(39(49)20-13-29-7-14-32(44)15-8-29)26-6-24-42-38(48)19-12-31-10-17-34(46)36(28-31)51-2/h7-20,27-28,40,44-46H,3-6,21-26H2,1-2H3,(H,41,47)(H,42,48)/b18-11+,19-12+,20-13+. The van der Waals surface area contributed by atoms with E-state index >= 15 is 0 Å². The zero-order valence-electron chi connectivity index (χ0n) is 29.1. The predicted octanol–water partition coefficient (Wildman–Crippen LogP) is 4.47. The number of unbranched alkanes of at least 4 members (excludes halogenated alkanes) is 1. The van der Waals surface area contributed by atoms with Gasteiger partial charge in [0.2, 0.25) is 17.7 Å². The number of amides is 3. The van der Waals surface area contributed by atoms with E-state index in [-0.39, 0.29) is 35.0 Å². The van der Waals surface area contributed by atoms with Crippen molar-refractivity contribution in [3.63, 3.8) is 0 Å². The Bertz CT molecular complexity index is 1650. The van der Waals surface area contributed by atoms with Crippen LogP contribution in [-0.4, -0.2) is 91.4 Å². The highest BCUT2D eigenvalue weighted by molar-refractivity contribution is 5.93. The number of hydrogen-bond acceptors (Lipinski definition) is 9. The van der Waals surface area contributed by atoms with Crippen LogP contribution in [0.3, 0.4) is 0 Å². The van der Waals surface area contributed by atoms with E-state index < -0.39 is 0 Å². The van der Waals surface area contributed by atoms with Gasteiger partial charge >= 0.3 is 0 Å². The van der Waals surface area contributed by atoms with Crippen molar-refractivity contribution in [1.29, 1.82) is 0 Å². The average Bonchev–Trinajstić information content (AvgIpc) is 3.13. The molecule has 272 valence electrons. The SMILES string of the molecule is COc1cc(/C=C/C(=O)NCCCNCCCCN(CCCNC(=O)/C=C/c2ccc(O)c(OC)c2)C(=O)/C=C/c2ccc(O)cc2)ccc1O. The summed E-state index contributed by atoms with van der Waals surface area (Å²) in [5, 5.41) is 38.0. The van der Waals surface area contributed by atoms with E-state index in [1.54, 1.807) is 71.7 Å². The Morgan fingerprint density at radius 3 is 1.67 bits per heavy atom. The largest absolute Gasteiger partial charge is 0.508 e. The monoisotopic (exact) mass is 700 g/mol. The van der Waals surface area contributed by atoms with Crippen LogP contribution in [0.25, 0.3) is 18.2 Å². The molecule has 0 radical (unpaired) electrons. The van der Waals surface area contributed by atoms with Gasteiger partial charge in [0.15, 0.2) is 23.0 Å². The van der Waals surface area contributed by atoms with Crippen LogP contribution in [-0.2, 0) is 14.4 Å². The van der Waals surface area contributed by atoms with Crippen LogP contribution in [0.4, 0.5) is 0 Å². The number of phenolic OH excluding ortho intramolecular Hbond substituents is 3. The van der Waals surface area contributed by atoms with Gasteiger partial charge in [-0.2, -0.15) is 0 Å². The predicted molar refractivity (Wildman–Crippen MR) is 198 cm³/mol. The second kappa shape index (κ2) is 22.1. The number of methoxy groups -OCH3 is 2. The van der Waals surface area contributed by atoms with Gasteiger partial charge in [-0.05, 0) is 110 Å². The molecule has 51 heavy (non-hydrogen) atoms. The first-order chi connectivity index (χ1) is 24.7. The van der Waals surface area contributed by atoms with Crippen molar-refractivity contribution < 1.29 is 39.2 Å². The highest BCUT2D eigenvalue weighted by Crippen LogP contribution is 2.27. The highest BCUT2D eigenvalue weighted by atomic mass is 16.5. The lowest BCUT2D eigenvalue weighted by Gasteiger charge is -2.21. The molecule has 0 aliphatic carbocycles. The van der Waals surface area contributed by atoms with Crippen molar-refractivity contribution in [3.05, 3.63) is 95.6 Å². The molecule has 0 aliphatic rings. The number of hydrogen-bond donors (Lipinski definition) is 6. The van der Waals surface area contributed by atoms with Gasteiger partial charge < -0.3 is 45.6 Å². The zero-order chi connectivity index (χ0) is 36.8. The van der Waals surface area contributed by atoms with Crippen LogP contribution in [0, 0.1) is 0 Å². The molecule has 0 aliphatic heterocycles. The Morgan fingerprint density at radius 2 is 1.10 bits per heavy atom. The number of carbonyl (C=O) groups excluding carboxylic acids is 3. The number of aromatic hydroxyl groups is 3. The summed E-state index contributed by atoms with van der Waals surface area (Å²) >= 11 is 0. The third kappa shape index (κ3) is 15.1. The fourth-order valence-electron chi connectivity index (χ4n) is 4.83. The summed E-state index contributed by atoms with van der Waals surface area (Å²) in [5.41, 5.74) is 2.23. The summed E-state index contributed by atoms with van der Waals surface area (Å²) in [6.07, 6.45) is 12.3. The fourth-order valence-corrected chi connectivity index (χ4v) is 4.83. The van der Waals surface area contributed by atoms with Crippen molar-refractivity contribution in [2.45, 2.75) is 25.7 Å². The van der Waals surface area contributed by atoms with E-state index in [4.69, 9.17) is 9.47 Å². The number of carbonyl (C=O) groups is 3. The van der Waals surface area contributed by atoms with Gasteiger partial charge in [-0.3, -0.25) is 14.4 Å². The maximum Gasteiger partial charge on any atom is 0.246 e.